The Morgan fingerprint density at radius 3 is 2.45 bits per heavy atom. The summed E-state index contributed by atoms with van der Waals surface area (Å²) in [6.45, 7) is 1.16. The van der Waals surface area contributed by atoms with Gasteiger partial charge in [-0.25, -0.2) is 4.68 Å². The number of halogens is 3. The smallest absolute Gasteiger partial charge is 0.289 e. The van der Waals surface area contributed by atoms with Gasteiger partial charge in [0.15, 0.2) is 22.3 Å². The van der Waals surface area contributed by atoms with Crippen molar-refractivity contribution in [3.05, 3.63) is 43.8 Å². The van der Waals surface area contributed by atoms with Crippen molar-refractivity contribution in [2.45, 2.75) is 13.5 Å². The molecule has 0 saturated heterocycles. The van der Waals surface area contributed by atoms with Gasteiger partial charge in [-0.2, -0.15) is 5.10 Å². The molecular weight excluding hydrogens is 353 g/mol. The lowest BCUT2D eigenvalue weighted by Gasteiger charge is -2.12. The number of Topliss-reactive ketones (excluding diaryl/α,β-unsaturated/α-hetero) is 1. The number of carbonyl (C=O) groups excluding carboxylic acids is 1. The fourth-order valence-electron chi connectivity index (χ4n) is 1.63. The standard InChI is InChI=1S/C13H10Cl3N3O3/c1-6(20)5-19-13(21)11(16)10(4-18-19)22-12-8(14)2-7(17)3-9(12)15/h2-4H,5,17H2,1H3. The third-order valence-corrected chi connectivity index (χ3v) is 3.47. The molecule has 0 amide bonds. The van der Waals surface area contributed by atoms with E-state index in [4.69, 9.17) is 45.3 Å². The number of anilines is 1. The number of carbonyl (C=O) groups is 1. The van der Waals surface area contributed by atoms with Gasteiger partial charge in [0, 0.05) is 5.69 Å². The third kappa shape index (κ3) is 3.52. The molecule has 0 atom stereocenters. The number of aromatic nitrogens is 2. The number of rotatable bonds is 4. The zero-order valence-corrected chi connectivity index (χ0v) is 13.5. The van der Waals surface area contributed by atoms with E-state index in [0.29, 0.717) is 5.69 Å². The lowest BCUT2D eigenvalue weighted by molar-refractivity contribution is -0.117. The Hall–Kier alpha value is -1.76. The Kier molecular flexibility index (Phi) is 4.95. The predicted octanol–water partition coefficient (Wildman–Crippen LogP) is 3.17. The number of benzene rings is 1. The average molecular weight is 363 g/mol. The van der Waals surface area contributed by atoms with Gasteiger partial charge in [0.1, 0.15) is 6.54 Å². The maximum atomic E-state index is 12.0. The van der Waals surface area contributed by atoms with E-state index < -0.39 is 5.56 Å². The zero-order valence-electron chi connectivity index (χ0n) is 11.3. The molecule has 22 heavy (non-hydrogen) atoms. The highest BCUT2D eigenvalue weighted by atomic mass is 35.5. The summed E-state index contributed by atoms with van der Waals surface area (Å²) in [6, 6.07) is 2.89. The number of ketones is 1. The molecule has 0 spiro atoms. The molecule has 1 aromatic heterocycles. The van der Waals surface area contributed by atoms with Crippen molar-refractivity contribution < 1.29 is 9.53 Å². The molecule has 2 rings (SSSR count). The first-order valence-electron chi connectivity index (χ1n) is 5.97. The Morgan fingerprint density at radius 2 is 1.91 bits per heavy atom. The van der Waals surface area contributed by atoms with Gasteiger partial charge in [-0.1, -0.05) is 34.8 Å². The summed E-state index contributed by atoms with van der Waals surface area (Å²) in [5, 5.41) is 3.90. The van der Waals surface area contributed by atoms with Crippen LogP contribution in [-0.4, -0.2) is 15.6 Å². The maximum Gasteiger partial charge on any atom is 0.289 e. The number of hydrogen-bond donors (Lipinski definition) is 1. The van der Waals surface area contributed by atoms with Gasteiger partial charge in [-0.3, -0.25) is 9.59 Å². The van der Waals surface area contributed by atoms with E-state index in [1.165, 1.54) is 25.3 Å². The van der Waals surface area contributed by atoms with Crippen LogP contribution < -0.4 is 16.0 Å². The SMILES string of the molecule is CC(=O)Cn1ncc(Oc2c(Cl)cc(N)cc2Cl)c(Cl)c1=O. The molecule has 0 aliphatic heterocycles. The van der Waals surface area contributed by atoms with Gasteiger partial charge in [0.2, 0.25) is 0 Å². The van der Waals surface area contributed by atoms with Crippen molar-refractivity contribution >= 4 is 46.3 Å². The summed E-state index contributed by atoms with van der Waals surface area (Å²) in [5.41, 5.74) is 5.30. The average Bonchev–Trinajstić information content (AvgIpc) is 2.41. The molecule has 2 aromatic rings. The number of nitrogens with zero attached hydrogens (tertiary/aromatic N) is 2. The molecule has 116 valence electrons. The highest BCUT2D eigenvalue weighted by molar-refractivity contribution is 6.37. The van der Waals surface area contributed by atoms with Crippen molar-refractivity contribution in [1.29, 1.82) is 0 Å². The summed E-state index contributed by atoms with van der Waals surface area (Å²) in [6.07, 6.45) is 1.20. The molecule has 0 aliphatic rings. The number of hydrogen-bond acceptors (Lipinski definition) is 5. The van der Waals surface area contributed by atoms with E-state index in [0.717, 1.165) is 4.68 Å². The minimum absolute atomic E-state index is 0.0277. The summed E-state index contributed by atoms with van der Waals surface area (Å²) in [4.78, 5) is 23.0. The minimum Gasteiger partial charge on any atom is -0.451 e. The lowest BCUT2D eigenvalue weighted by atomic mass is 10.3. The fourth-order valence-corrected chi connectivity index (χ4v) is 2.40. The van der Waals surface area contributed by atoms with Crippen LogP contribution in [0.5, 0.6) is 11.5 Å². The molecule has 0 radical (unpaired) electrons. The highest BCUT2D eigenvalue weighted by Crippen LogP contribution is 2.39. The third-order valence-electron chi connectivity index (χ3n) is 2.56. The molecule has 0 bridgehead atoms. The van der Waals surface area contributed by atoms with Crippen molar-refractivity contribution in [1.82, 2.24) is 9.78 Å². The Balaban J connectivity index is 2.42. The molecule has 6 nitrogen and oxygen atoms in total. The monoisotopic (exact) mass is 361 g/mol. The quantitative estimate of drug-likeness (QED) is 0.844. The summed E-state index contributed by atoms with van der Waals surface area (Å²) in [7, 11) is 0. The number of ether oxygens (including phenoxy) is 1. The maximum absolute atomic E-state index is 12.0. The van der Waals surface area contributed by atoms with Crippen LogP contribution in [0.4, 0.5) is 5.69 Å². The van der Waals surface area contributed by atoms with E-state index >= 15 is 0 Å². The van der Waals surface area contributed by atoms with Gasteiger partial charge in [-0.15, -0.1) is 0 Å². The normalized spacial score (nSPS) is 10.5. The van der Waals surface area contributed by atoms with Gasteiger partial charge in [0.25, 0.3) is 5.56 Å². The number of nitrogen functional groups attached to an aromatic ring is 1. The molecule has 9 heteroatoms. The van der Waals surface area contributed by atoms with Crippen LogP contribution in [-0.2, 0) is 11.3 Å². The van der Waals surface area contributed by atoms with Gasteiger partial charge >= 0.3 is 0 Å². The van der Waals surface area contributed by atoms with E-state index in [1.54, 1.807) is 0 Å². The summed E-state index contributed by atoms with van der Waals surface area (Å²) >= 11 is 17.9. The van der Waals surface area contributed by atoms with E-state index in [-0.39, 0.29) is 38.9 Å². The first-order valence-corrected chi connectivity index (χ1v) is 7.10. The molecule has 1 aromatic carbocycles. The molecule has 0 aliphatic carbocycles. The second-order valence-electron chi connectivity index (χ2n) is 4.40. The first-order chi connectivity index (χ1) is 10.3. The van der Waals surface area contributed by atoms with Crippen molar-refractivity contribution in [2.75, 3.05) is 5.73 Å². The molecule has 1 heterocycles. The van der Waals surface area contributed by atoms with Crippen LogP contribution >= 0.6 is 34.8 Å². The summed E-state index contributed by atoms with van der Waals surface area (Å²) < 4.78 is 6.39. The molecule has 0 fully saturated rings. The van der Waals surface area contributed by atoms with Gasteiger partial charge < -0.3 is 10.5 Å². The van der Waals surface area contributed by atoms with E-state index in [9.17, 15) is 9.59 Å². The molecule has 0 unspecified atom stereocenters. The molecule has 0 saturated carbocycles. The van der Waals surface area contributed by atoms with Crippen molar-refractivity contribution in [3.63, 3.8) is 0 Å². The largest absolute Gasteiger partial charge is 0.451 e. The molecule has 2 N–H and O–H groups in total. The second kappa shape index (κ2) is 6.56. The topological polar surface area (TPSA) is 87.2 Å². The second-order valence-corrected chi connectivity index (χ2v) is 5.60. The van der Waals surface area contributed by atoms with Gasteiger partial charge in [0.05, 0.1) is 16.2 Å². The van der Waals surface area contributed by atoms with E-state index in [1.807, 2.05) is 0 Å². The van der Waals surface area contributed by atoms with Crippen molar-refractivity contribution in [3.8, 4) is 11.5 Å². The minimum atomic E-state index is -0.656. The van der Waals surface area contributed by atoms with Crippen LogP contribution in [0.15, 0.2) is 23.1 Å². The van der Waals surface area contributed by atoms with Crippen LogP contribution in [0, 0.1) is 0 Å². The number of nitrogens with two attached hydrogens (primary N) is 1. The lowest BCUT2D eigenvalue weighted by Crippen LogP contribution is -2.26. The Morgan fingerprint density at radius 1 is 1.32 bits per heavy atom. The van der Waals surface area contributed by atoms with Crippen LogP contribution in [0.25, 0.3) is 0 Å². The van der Waals surface area contributed by atoms with Crippen LogP contribution in [0.3, 0.4) is 0 Å². The first kappa shape index (κ1) is 16.6. The zero-order chi connectivity index (χ0) is 16.4. The fraction of sp³-hybridized carbons (Fsp3) is 0.154. The molecular formula is C13H10Cl3N3O3. The van der Waals surface area contributed by atoms with Gasteiger partial charge in [-0.05, 0) is 19.1 Å². The van der Waals surface area contributed by atoms with Crippen molar-refractivity contribution in [2.24, 2.45) is 0 Å². The Bertz CT molecular complexity index is 782. The van der Waals surface area contributed by atoms with Crippen LogP contribution in [0.1, 0.15) is 6.92 Å². The highest BCUT2D eigenvalue weighted by Gasteiger charge is 2.16. The van der Waals surface area contributed by atoms with E-state index in [2.05, 4.69) is 5.10 Å². The Labute approximate surface area is 140 Å². The van der Waals surface area contributed by atoms with Crippen LogP contribution in [0.2, 0.25) is 15.1 Å². The predicted molar refractivity (Wildman–Crippen MR) is 85.1 cm³/mol. The summed E-state index contributed by atoms with van der Waals surface area (Å²) in [5.74, 6) is -0.158.